The molecule has 0 saturated carbocycles. The van der Waals surface area contributed by atoms with Crippen LogP contribution in [0.25, 0.3) is 0 Å². The summed E-state index contributed by atoms with van der Waals surface area (Å²) in [7, 11) is -1.38. The molecule has 0 aliphatic rings. The smallest absolute Gasteiger partial charge is 0.446 e. The summed E-state index contributed by atoms with van der Waals surface area (Å²) in [6.07, 6.45) is 0. The normalized spacial score (nSPS) is 11.9. The number of carbonyl (C=O) groups excluding carboxylic acids is 1. The van der Waals surface area contributed by atoms with Crippen LogP contribution in [0.2, 0.25) is 0 Å². The molecule has 2 rings (SSSR count). The number of nitrogens with one attached hydrogen (secondary N) is 1. The maximum Gasteiger partial charge on any atom is 0.446 e. The van der Waals surface area contributed by atoms with Crippen LogP contribution in [0.5, 0.6) is 5.75 Å². The molecule has 152 valence electrons. The van der Waals surface area contributed by atoms with Gasteiger partial charge in [-0.25, -0.2) is 17.9 Å². The topological polar surface area (TPSA) is 81.7 Å². The number of ether oxygens (including phenoxy) is 2. The highest BCUT2D eigenvalue weighted by Crippen LogP contribution is 2.36. The molecule has 1 N–H and O–H groups in total. The Morgan fingerprint density at radius 3 is 2.29 bits per heavy atom. The van der Waals surface area contributed by atoms with Gasteiger partial charge in [-0.15, -0.1) is 0 Å². The monoisotopic (exact) mass is 435 g/mol. The Bertz CT molecular complexity index is 944. The van der Waals surface area contributed by atoms with Gasteiger partial charge in [0.25, 0.3) is 0 Å². The van der Waals surface area contributed by atoms with Crippen molar-refractivity contribution in [3.63, 3.8) is 0 Å². The van der Waals surface area contributed by atoms with Crippen LogP contribution in [0.3, 0.4) is 0 Å². The first-order valence-corrected chi connectivity index (χ1v) is 9.96. The van der Waals surface area contributed by atoms with Crippen LogP contribution in [-0.2, 0) is 21.3 Å². The van der Waals surface area contributed by atoms with E-state index in [1.54, 1.807) is 6.07 Å². The van der Waals surface area contributed by atoms with Gasteiger partial charge < -0.3 is 9.47 Å². The minimum absolute atomic E-state index is 0.121. The highest BCUT2D eigenvalue weighted by Gasteiger charge is 2.29. The number of benzene rings is 2. The van der Waals surface area contributed by atoms with Gasteiger partial charge in [-0.2, -0.15) is 13.2 Å². The zero-order valence-corrected chi connectivity index (χ0v) is 16.4. The molecule has 0 saturated heterocycles. The van der Waals surface area contributed by atoms with E-state index in [-0.39, 0.29) is 39.4 Å². The number of sulfonamides is 1. The molecule has 0 fully saturated rings. The van der Waals surface area contributed by atoms with Gasteiger partial charge >= 0.3 is 11.5 Å². The standard InChI is InChI=1S/C17H16F3NO5S2/c1-25-15-8-3-11(9-14(15)16(22)26-2)10-21-28(23,24)13-6-4-12(5-7-13)27-17(18,19)20/h3-9,21H,10H2,1-2H3. The second-order valence-corrected chi connectivity index (χ2v) is 8.28. The predicted molar refractivity (Wildman–Crippen MR) is 96.7 cm³/mol. The fraction of sp³-hybridized carbons (Fsp3) is 0.235. The molecule has 0 aromatic heterocycles. The summed E-state index contributed by atoms with van der Waals surface area (Å²) in [5, 5.41) is 0. The van der Waals surface area contributed by atoms with Gasteiger partial charge in [-0.1, -0.05) is 6.07 Å². The number of hydrogen-bond acceptors (Lipinski definition) is 6. The number of hydrogen-bond donors (Lipinski definition) is 1. The Hall–Kier alpha value is -2.24. The van der Waals surface area contributed by atoms with E-state index in [4.69, 9.17) is 4.74 Å². The van der Waals surface area contributed by atoms with Crippen molar-refractivity contribution in [3.8, 4) is 5.75 Å². The van der Waals surface area contributed by atoms with Gasteiger partial charge in [0.2, 0.25) is 10.0 Å². The van der Waals surface area contributed by atoms with Gasteiger partial charge in [0.15, 0.2) is 0 Å². The molecule has 11 heteroatoms. The minimum atomic E-state index is -4.45. The van der Waals surface area contributed by atoms with Gasteiger partial charge in [0.05, 0.1) is 19.1 Å². The minimum Gasteiger partial charge on any atom is -0.496 e. The second-order valence-electron chi connectivity index (χ2n) is 5.37. The van der Waals surface area contributed by atoms with E-state index in [1.807, 2.05) is 0 Å². The number of esters is 1. The lowest BCUT2D eigenvalue weighted by Gasteiger charge is -2.11. The lowest BCUT2D eigenvalue weighted by atomic mass is 10.1. The molecule has 0 spiro atoms. The van der Waals surface area contributed by atoms with Crippen molar-refractivity contribution >= 4 is 27.8 Å². The Morgan fingerprint density at radius 2 is 1.75 bits per heavy atom. The molecule has 0 bridgehead atoms. The van der Waals surface area contributed by atoms with E-state index in [9.17, 15) is 26.4 Å². The summed E-state index contributed by atoms with van der Waals surface area (Å²) in [6.45, 7) is -0.143. The third-order valence-corrected chi connectivity index (χ3v) is 5.66. The molecule has 0 aliphatic carbocycles. The first-order chi connectivity index (χ1) is 13.1. The van der Waals surface area contributed by atoms with Crippen LogP contribution in [-0.4, -0.2) is 34.1 Å². The first-order valence-electron chi connectivity index (χ1n) is 7.66. The fourth-order valence-electron chi connectivity index (χ4n) is 2.22. The van der Waals surface area contributed by atoms with Crippen LogP contribution in [0.1, 0.15) is 15.9 Å². The van der Waals surface area contributed by atoms with Gasteiger partial charge in [-0.3, -0.25) is 0 Å². The molecule has 0 atom stereocenters. The Morgan fingerprint density at radius 1 is 1.11 bits per heavy atom. The molecule has 0 unspecified atom stereocenters. The van der Waals surface area contributed by atoms with Crippen molar-refractivity contribution in [1.82, 2.24) is 4.72 Å². The third kappa shape index (κ3) is 5.88. The van der Waals surface area contributed by atoms with Crippen molar-refractivity contribution in [2.45, 2.75) is 21.8 Å². The van der Waals surface area contributed by atoms with Crippen molar-refractivity contribution in [2.75, 3.05) is 14.2 Å². The second kappa shape index (κ2) is 8.84. The maximum atomic E-state index is 12.3. The maximum absolute atomic E-state index is 12.3. The average Bonchev–Trinajstić information content (AvgIpc) is 2.64. The van der Waals surface area contributed by atoms with Crippen LogP contribution < -0.4 is 9.46 Å². The van der Waals surface area contributed by atoms with E-state index in [0.717, 1.165) is 24.3 Å². The predicted octanol–water partition coefficient (Wildman–Crippen LogP) is 3.57. The van der Waals surface area contributed by atoms with Crippen molar-refractivity contribution in [1.29, 1.82) is 0 Å². The zero-order chi connectivity index (χ0) is 20.9. The van der Waals surface area contributed by atoms with Gasteiger partial charge in [0.1, 0.15) is 11.3 Å². The molecular weight excluding hydrogens is 419 g/mol. The highest BCUT2D eigenvalue weighted by molar-refractivity contribution is 8.00. The molecule has 2 aromatic rings. The Kier molecular flexibility index (Phi) is 6.96. The Labute approximate surface area is 164 Å². The zero-order valence-electron chi connectivity index (χ0n) is 14.7. The summed E-state index contributed by atoms with van der Waals surface area (Å²) in [4.78, 5) is 11.5. The van der Waals surface area contributed by atoms with Crippen LogP contribution in [0.15, 0.2) is 52.3 Å². The summed E-state index contributed by atoms with van der Waals surface area (Å²) in [5.74, 6) is -0.365. The number of thioether (sulfide) groups is 1. The van der Waals surface area contributed by atoms with E-state index >= 15 is 0 Å². The quantitative estimate of drug-likeness (QED) is 0.529. The van der Waals surface area contributed by atoms with Crippen LogP contribution >= 0.6 is 11.8 Å². The molecule has 6 nitrogen and oxygen atoms in total. The van der Waals surface area contributed by atoms with E-state index < -0.39 is 21.5 Å². The SMILES string of the molecule is COC(=O)c1cc(CNS(=O)(=O)c2ccc(SC(F)(F)F)cc2)ccc1OC. The molecule has 0 aliphatic heterocycles. The molecular formula is C17H16F3NO5S2. The molecule has 0 radical (unpaired) electrons. The third-order valence-electron chi connectivity index (χ3n) is 3.50. The van der Waals surface area contributed by atoms with Crippen molar-refractivity contribution in [3.05, 3.63) is 53.6 Å². The number of carbonyl (C=O) groups is 1. The molecule has 28 heavy (non-hydrogen) atoms. The summed E-state index contributed by atoms with van der Waals surface area (Å²) in [6, 6.07) is 8.83. The number of rotatable bonds is 7. The lowest BCUT2D eigenvalue weighted by Crippen LogP contribution is -2.23. The van der Waals surface area contributed by atoms with Crippen LogP contribution in [0, 0.1) is 0 Å². The summed E-state index contributed by atoms with van der Waals surface area (Å²) >= 11 is -0.331. The average molecular weight is 435 g/mol. The van der Waals surface area contributed by atoms with E-state index in [1.165, 1.54) is 26.4 Å². The number of halogens is 3. The van der Waals surface area contributed by atoms with E-state index in [2.05, 4.69) is 9.46 Å². The van der Waals surface area contributed by atoms with Gasteiger partial charge in [0, 0.05) is 11.4 Å². The summed E-state index contributed by atoms with van der Waals surface area (Å²) in [5.41, 5.74) is -3.85. The lowest BCUT2D eigenvalue weighted by molar-refractivity contribution is -0.0328. The highest BCUT2D eigenvalue weighted by atomic mass is 32.2. The fourth-order valence-corrected chi connectivity index (χ4v) is 3.77. The first kappa shape index (κ1) is 22.1. The van der Waals surface area contributed by atoms with E-state index in [0.29, 0.717) is 5.56 Å². The van der Waals surface area contributed by atoms with Crippen molar-refractivity contribution < 1.29 is 35.9 Å². The molecule has 0 amide bonds. The van der Waals surface area contributed by atoms with Gasteiger partial charge in [-0.05, 0) is 53.7 Å². The molecule has 0 heterocycles. The number of methoxy groups -OCH3 is 2. The Balaban J connectivity index is 2.14. The van der Waals surface area contributed by atoms with Crippen LogP contribution in [0.4, 0.5) is 13.2 Å². The van der Waals surface area contributed by atoms with Crippen molar-refractivity contribution in [2.24, 2.45) is 0 Å². The largest absolute Gasteiger partial charge is 0.496 e. The number of alkyl halides is 3. The molecule has 2 aromatic carbocycles. The summed E-state index contributed by atoms with van der Waals surface area (Å²) < 4.78 is 73.8.